The maximum Gasteiger partial charge on any atom is 0.305 e. The van der Waals surface area contributed by atoms with E-state index in [-0.39, 0.29) is 12.2 Å². The predicted molar refractivity (Wildman–Crippen MR) is 174 cm³/mol. The zero-order valence-corrected chi connectivity index (χ0v) is 28.4. The molecule has 1 heterocycles. The summed E-state index contributed by atoms with van der Waals surface area (Å²) in [6.45, 7) is 7.34. The highest BCUT2D eigenvalue weighted by molar-refractivity contribution is 5.99. The van der Waals surface area contributed by atoms with Crippen LogP contribution in [0.4, 0.5) is 0 Å². The molecule has 1 aliphatic rings. The van der Waals surface area contributed by atoms with Crippen molar-refractivity contribution >= 4 is 47.4 Å². The smallest absolute Gasteiger partial charge is 0.305 e. The summed E-state index contributed by atoms with van der Waals surface area (Å²) < 4.78 is 0. The fourth-order valence-corrected chi connectivity index (χ4v) is 5.02. The van der Waals surface area contributed by atoms with Gasteiger partial charge in [0.15, 0.2) is 0 Å². The van der Waals surface area contributed by atoms with Crippen LogP contribution in [0.5, 0.6) is 5.75 Å². The number of carbonyl (C=O) groups excluding carboxylic acids is 6. The zero-order chi connectivity index (χ0) is 37.9. The van der Waals surface area contributed by atoms with Crippen molar-refractivity contribution in [3.05, 3.63) is 29.8 Å². The fraction of sp³-hybridized carbons (Fsp3) is 0.562. The van der Waals surface area contributed by atoms with Crippen LogP contribution in [0, 0.1) is 11.8 Å². The number of benzene rings is 1. The van der Waals surface area contributed by atoms with Crippen molar-refractivity contribution in [1.29, 1.82) is 0 Å². The molecule has 2 rings (SSSR count). The number of aliphatic hydroxyl groups excluding tert-OH is 1. The van der Waals surface area contributed by atoms with Crippen molar-refractivity contribution in [2.24, 2.45) is 11.8 Å². The summed E-state index contributed by atoms with van der Waals surface area (Å²) in [5, 5.41) is 53.3. The van der Waals surface area contributed by atoms with Crippen molar-refractivity contribution in [3.63, 3.8) is 0 Å². The van der Waals surface area contributed by atoms with Gasteiger partial charge in [0.25, 0.3) is 0 Å². The number of phenolic OH excluding ortho intramolecular Hbond substituents is 1. The number of aliphatic carboxylic acids is 2. The Morgan fingerprint density at radius 2 is 1.02 bits per heavy atom. The Morgan fingerprint density at radius 3 is 1.50 bits per heavy atom. The topological polar surface area (TPSA) is 290 Å². The molecule has 0 spiro atoms. The Morgan fingerprint density at radius 1 is 0.600 bits per heavy atom. The number of phenols is 1. The molecule has 0 saturated carbocycles. The summed E-state index contributed by atoms with van der Waals surface area (Å²) in [7, 11) is 0. The molecule has 6 amide bonds. The lowest BCUT2D eigenvalue weighted by Gasteiger charge is -2.31. The third-order valence-electron chi connectivity index (χ3n) is 7.86. The van der Waals surface area contributed by atoms with Gasteiger partial charge in [0, 0.05) is 12.8 Å². The van der Waals surface area contributed by atoms with Gasteiger partial charge in [-0.25, -0.2) is 0 Å². The predicted octanol–water partition coefficient (Wildman–Crippen LogP) is -2.11. The molecule has 276 valence electrons. The molecule has 0 aliphatic carbocycles. The van der Waals surface area contributed by atoms with Gasteiger partial charge in [-0.1, -0.05) is 39.8 Å². The van der Waals surface area contributed by atoms with Gasteiger partial charge in [0.1, 0.15) is 42.0 Å². The minimum absolute atomic E-state index is 0.0842. The van der Waals surface area contributed by atoms with Gasteiger partial charge in [-0.15, -0.1) is 0 Å². The molecule has 0 unspecified atom stereocenters. The van der Waals surface area contributed by atoms with E-state index in [0.717, 1.165) is 0 Å². The van der Waals surface area contributed by atoms with E-state index in [9.17, 15) is 58.8 Å². The number of aromatic hydroxyl groups is 1. The van der Waals surface area contributed by atoms with E-state index in [0.29, 0.717) is 5.56 Å². The van der Waals surface area contributed by atoms with Crippen LogP contribution >= 0.6 is 0 Å². The summed E-state index contributed by atoms with van der Waals surface area (Å²) in [5.41, 5.74) is 0.435. The molecule has 1 aromatic rings. The van der Waals surface area contributed by atoms with Gasteiger partial charge in [-0.2, -0.15) is 0 Å². The molecule has 0 aromatic heterocycles. The van der Waals surface area contributed by atoms with Crippen LogP contribution in [0.25, 0.3) is 0 Å². The highest BCUT2D eigenvalue weighted by Crippen LogP contribution is 2.14. The van der Waals surface area contributed by atoms with Crippen molar-refractivity contribution in [1.82, 2.24) is 31.9 Å². The molecule has 1 aromatic carbocycles. The van der Waals surface area contributed by atoms with Gasteiger partial charge in [-0.05, 0) is 42.9 Å². The Hall–Kier alpha value is -5.26. The number of carboxylic acids is 2. The molecule has 1 aliphatic heterocycles. The standard InChI is InChI=1S/C32H46N6O12/c1-14(2)24-30(48)33-19(10-11-22(41)42)27(45)34-20(12-17-6-8-18(40)9-7-17)28(46)38-26(16(5)39)32(50)37-25(15(3)4)31(49)35-21(13-23(43)44)29(47)36-24/h6-9,14-16,19-21,24-26,39-40H,10-13H2,1-5H3,(H,33,48)(H,34,45)(H,35,49)(H,36,47)(H,37,50)(H,38,46)(H,41,42)(H,43,44)/t16-,19+,20+,21+,24+,25+,26+/m1/s1. The number of hydrogen-bond donors (Lipinski definition) is 10. The number of amides is 6. The highest BCUT2D eigenvalue weighted by Gasteiger charge is 2.38. The molecule has 50 heavy (non-hydrogen) atoms. The molecule has 0 radical (unpaired) electrons. The first-order chi connectivity index (χ1) is 23.3. The largest absolute Gasteiger partial charge is 0.508 e. The first-order valence-electron chi connectivity index (χ1n) is 16.0. The van der Waals surface area contributed by atoms with E-state index in [2.05, 4.69) is 31.9 Å². The van der Waals surface area contributed by atoms with Gasteiger partial charge < -0.3 is 52.3 Å². The van der Waals surface area contributed by atoms with E-state index >= 15 is 0 Å². The Kier molecular flexibility index (Phi) is 15.1. The van der Waals surface area contributed by atoms with E-state index in [1.54, 1.807) is 13.8 Å². The van der Waals surface area contributed by atoms with Crippen LogP contribution in [0.1, 0.15) is 59.4 Å². The van der Waals surface area contributed by atoms with E-state index < -0.39 is 121 Å². The highest BCUT2D eigenvalue weighted by atomic mass is 16.4. The lowest BCUT2D eigenvalue weighted by molar-refractivity contribution is -0.142. The Bertz CT molecular complexity index is 1430. The average Bonchev–Trinajstić information content (AvgIpc) is 3.01. The monoisotopic (exact) mass is 706 g/mol. The fourth-order valence-electron chi connectivity index (χ4n) is 5.02. The molecule has 18 nitrogen and oxygen atoms in total. The summed E-state index contributed by atoms with van der Waals surface area (Å²) in [6, 6.07) is -3.69. The molecule has 10 N–H and O–H groups in total. The maximum absolute atomic E-state index is 13.7. The van der Waals surface area contributed by atoms with E-state index in [1.807, 2.05) is 0 Å². The number of carboxylic acid groups (broad SMARTS) is 2. The molecule has 1 saturated heterocycles. The molecule has 7 atom stereocenters. The average molecular weight is 707 g/mol. The number of hydrogen-bond acceptors (Lipinski definition) is 10. The quantitative estimate of drug-likeness (QED) is 0.125. The minimum atomic E-state index is -1.73. The van der Waals surface area contributed by atoms with Gasteiger partial charge in [-0.3, -0.25) is 38.4 Å². The minimum Gasteiger partial charge on any atom is -0.508 e. The summed E-state index contributed by atoms with van der Waals surface area (Å²) in [6.07, 6.45) is -3.74. The van der Waals surface area contributed by atoms with Gasteiger partial charge >= 0.3 is 11.9 Å². The number of nitrogens with one attached hydrogen (secondary N) is 6. The van der Waals surface area contributed by atoms with Crippen LogP contribution in [0.2, 0.25) is 0 Å². The maximum atomic E-state index is 13.7. The number of carbonyl (C=O) groups is 8. The molecule has 1 fully saturated rings. The first kappa shape index (κ1) is 40.9. The van der Waals surface area contributed by atoms with Crippen LogP contribution in [-0.4, -0.2) is 110 Å². The Labute approximate surface area is 288 Å². The van der Waals surface area contributed by atoms with E-state index in [1.165, 1.54) is 45.0 Å². The molecular weight excluding hydrogens is 660 g/mol. The summed E-state index contributed by atoms with van der Waals surface area (Å²) in [5.74, 6) is -10.2. The van der Waals surface area contributed by atoms with Crippen LogP contribution in [0.15, 0.2) is 24.3 Å². The van der Waals surface area contributed by atoms with Crippen molar-refractivity contribution in [2.75, 3.05) is 0 Å². The van der Waals surface area contributed by atoms with Crippen LogP contribution in [-0.2, 0) is 44.8 Å². The third-order valence-corrected chi connectivity index (χ3v) is 7.86. The normalized spacial score (nSPS) is 25.2. The second kappa shape index (κ2) is 18.5. The SMILES string of the molecule is CC(C)[C@@H]1NC(=O)[C@H](CC(=O)O)NC(=O)[C@H](C(C)C)NC(=O)[C@H]([C@@H](C)O)NC(=O)[C@H](Cc2ccc(O)cc2)NC(=O)[C@H](CCC(=O)O)NC1=O. The Balaban J connectivity index is 2.68. The number of aliphatic hydroxyl groups is 1. The molecule has 18 heteroatoms. The lowest BCUT2D eigenvalue weighted by Crippen LogP contribution is -2.64. The third kappa shape index (κ3) is 12.3. The second-order valence-corrected chi connectivity index (χ2v) is 12.8. The van der Waals surface area contributed by atoms with Crippen LogP contribution < -0.4 is 31.9 Å². The van der Waals surface area contributed by atoms with E-state index in [4.69, 9.17) is 0 Å². The zero-order valence-electron chi connectivity index (χ0n) is 28.4. The van der Waals surface area contributed by atoms with Gasteiger partial charge in [0.05, 0.1) is 12.5 Å². The van der Waals surface area contributed by atoms with Gasteiger partial charge in [0.2, 0.25) is 35.4 Å². The second-order valence-electron chi connectivity index (χ2n) is 12.8. The molecular formula is C32H46N6O12. The van der Waals surface area contributed by atoms with Crippen molar-refractivity contribution in [2.45, 2.75) is 103 Å². The van der Waals surface area contributed by atoms with Crippen molar-refractivity contribution < 1.29 is 58.8 Å². The first-order valence-corrected chi connectivity index (χ1v) is 16.0. The number of rotatable bonds is 10. The molecule has 0 bridgehead atoms. The lowest BCUT2D eigenvalue weighted by atomic mass is 9.99. The summed E-state index contributed by atoms with van der Waals surface area (Å²) in [4.78, 5) is 104. The van der Waals surface area contributed by atoms with Crippen LogP contribution in [0.3, 0.4) is 0 Å². The summed E-state index contributed by atoms with van der Waals surface area (Å²) >= 11 is 0. The van der Waals surface area contributed by atoms with Crippen molar-refractivity contribution in [3.8, 4) is 5.75 Å².